The Labute approximate surface area is 138 Å². The highest BCUT2D eigenvalue weighted by atomic mass is 79.9. The maximum absolute atomic E-state index is 14.2. The highest BCUT2D eigenvalue weighted by Crippen LogP contribution is 2.41. The van der Waals surface area contributed by atoms with E-state index in [1.54, 1.807) is 4.90 Å². The van der Waals surface area contributed by atoms with Crippen LogP contribution in [0.2, 0.25) is 0 Å². The molecule has 8 heteroatoms. The second kappa shape index (κ2) is 6.87. The molecule has 1 saturated heterocycles. The Hall–Kier alpha value is -0.280. The Bertz CT molecular complexity index is 488. The average molecular weight is 430 g/mol. The van der Waals surface area contributed by atoms with Crippen LogP contribution in [0.4, 0.5) is 8.78 Å². The zero-order valence-electron chi connectivity index (χ0n) is 11.1. The van der Waals surface area contributed by atoms with Gasteiger partial charge in [-0.1, -0.05) is 0 Å². The van der Waals surface area contributed by atoms with Crippen LogP contribution in [0.3, 0.4) is 0 Å². The lowest BCUT2D eigenvalue weighted by Gasteiger charge is -2.39. The van der Waals surface area contributed by atoms with Crippen LogP contribution in [0.25, 0.3) is 0 Å². The molecule has 1 atom stereocenters. The zero-order chi connectivity index (χ0) is 15.6. The first-order chi connectivity index (χ1) is 9.86. The smallest absolute Gasteiger partial charge is 0.289 e. The number of nitrogens with one attached hydrogen (secondary N) is 1. The number of benzene rings is 1. The van der Waals surface area contributed by atoms with Crippen LogP contribution in [-0.4, -0.2) is 53.8 Å². The van der Waals surface area contributed by atoms with Gasteiger partial charge in [0.05, 0.1) is 8.95 Å². The monoisotopic (exact) mass is 428 g/mol. The third kappa shape index (κ3) is 3.73. The number of piperazine rings is 1. The Morgan fingerprint density at radius 2 is 1.76 bits per heavy atom. The SMILES string of the molecule is OCC(F)(F)[C@@H](c1cc(Br)c(O)c(Br)c1)N1CCNCC1. The first-order valence-electron chi connectivity index (χ1n) is 6.48. The Morgan fingerprint density at radius 1 is 1.24 bits per heavy atom. The van der Waals surface area contributed by atoms with Gasteiger partial charge in [0.15, 0.2) is 0 Å². The van der Waals surface area contributed by atoms with Gasteiger partial charge in [0.1, 0.15) is 18.4 Å². The van der Waals surface area contributed by atoms with E-state index in [4.69, 9.17) is 5.11 Å². The molecule has 0 aliphatic carbocycles. The van der Waals surface area contributed by atoms with E-state index < -0.39 is 18.6 Å². The predicted molar refractivity (Wildman–Crippen MR) is 82.7 cm³/mol. The molecule has 3 N–H and O–H groups in total. The maximum Gasteiger partial charge on any atom is 0.289 e. The number of phenols is 1. The van der Waals surface area contributed by atoms with E-state index in [1.165, 1.54) is 12.1 Å². The molecule has 0 amide bonds. The number of hydrogen-bond acceptors (Lipinski definition) is 4. The molecule has 0 bridgehead atoms. The number of hydrogen-bond donors (Lipinski definition) is 3. The average Bonchev–Trinajstić information content (AvgIpc) is 2.46. The van der Waals surface area contributed by atoms with E-state index in [0.29, 0.717) is 40.7 Å². The molecule has 1 aromatic rings. The quantitative estimate of drug-likeness (QED) is 0.688. The lowest BCUT2D eigenvalue weighted by Crippen LogP contribution is -2.51. The van der Waals surface area contributed by atoms with Crippen molar-refractivity contribution in [2.45, 2.75) is 12.0 Å². The summed E-state index contributed by atoms with van der Waals surface area (Å²) in [5.41, 5.74) is 0.340. The van der Waals surface area contributed by atoms with Gasteiger partial charge in [-0.15, -0.1) is 0 Å². The van der Waals surface area contributed by atoms with Crippen LogP contribution in [0.5, 0.6) is 5.75 Å². The largest absolute Gasteiger partial charge is 0.506 e. The summed E-state index contributed by atoms with van der Waals surface area (Å²) >= 11 is 6.32. The van der Waals surface area contributed by atoms with Gasteiger partial charge in [0, 0.05) is 26.2 Å². The van der Waals surface area contributed by atoms with E-state index in [0.717, 1.165) is 0 Å². The molecule has 1 aliphatic heterocycles. The van der Waals surface area contributed by atoms with Crippen molar-refractivity contribution in [2.24, 2.45) is 0 Å². The molecule has 0 unspecified atom stereocenters. The van der Waals surface area contributed by atoms with Crippen LogP contribution >= 0.6 is 31.9 Å². The molecule has 21 heavy (non-hydrogen) atoms. The molecule has 0 radical (unpaired) electrons. The molecule has 118 valence electrons. The van der Waals surface area contributed by atoms with Crippen LogP contribution < -0.4 is 5.32 Å². The summed E-state index contributed by atoms with van der Waals surface area (Å²) in [5.74, 6) is -3.31. The molecule has 1 aromatic carbocycles. The van der Waals surface area contributed by atoms with E-state index in [2.05, 4.69) is 37.2 Å². The van der Waals surface area contributed by atoms with Crippen LogP contribution in [0, 0.1) is 0 Å². The molecule has 0 saturated carbocycles. The second-order valence-electron chi connectivity index (χ2n) is 4.94. The summed E-state index contributed by atoms with van der Waals surface area (Å²) in [6, 6.07) is 1.70. The maximum atomic E-state index is 14.2. The van der Waals surface area contributed by atoms with Gasteiger partial charge in [-0.2, -0.15) is 0 Å². The number of rotatable bonds is 4. The number of halogens is 4. The van der Waals surface area contributed by atoms with Crippen molar-refractivity contribution in [2.75, 3.05) is 32.8 Å². The minimum atomic E-state index is -3.27. The summed E-state index contributed by atoms with van der Waals surface area (Å²) in [4.78, 5) is 1.65. The fourth-order valence-electron chi connectivity index (χ4n) is 2.49. The van der Waals surface area contributed by atoms with Crippen molar-refractivity contribution in [3.63, 3.8) is 0 Å². The molecule has 0 spiro atoms. The summed E-state index contributed by atoms with van der Waals surface area (Å²) < 4.78 is 29.2. The van der Waals surface area contributed by atoms with Crippen LogP contribution in [0.1, 0.15) is 11.6 Å². The molecule has 0 aromatic heterocycles. The normalized spacial score (nSPS) is 18.7. The van der Waals surface area contributed by atoms with Crippen molar-refractivity contribution in [1.82, 2.24) is 10.2 Å². The number of aromatic hydroxyl groups is 1. The minimum Gasteiger partial charge on any atom is -0.506 e. The number of nitrogens with zero attached hydrogens (tertiary/aromatic N) is 1. The number of aliphatic hydroxyl groups is 1. The molecule has 1 aliphatic rings. The summed E-state index contributed by atoms with van der Waals surface area (Å²) in [7, 11) is 0. The molecule has 4 nitrogen and oxygen atoms in total. The van der Waals surface area contributed by atoms with Crippen LogP contribution in [0.15, 0.2) is 21.1 Å². The van der Waals surface area contributed by atoms with Crippen molar-refractivity contribution >= 4 is 31.9 Å². The highest BCUT2D eigenvalue weighted by molar-refractivity contribution is 9.11. The fourth-order valence-corrected chi connectivity index (χ4v) is 3.71. The third-order valence-corrected chi connectivity index (χ3v) is 4.69. The lowest BCUT2D eigenvalue weighted by atomic mass is 9.98. The van der Waals surface area contributed by atoms with Crippen LogP contribution in [-0.2, 0) is 0 Å². The lowest BCUT2D eigenvalue weighted by molar-refractivity contribution is -0.118. The van der Waals surface area contributed by atoms with Crippen molar-refractivity contribution < 1.29 is 19.0 Å². The first-order valence-corrected chi connectivity index (χ1v) is 8.07. The van der Waals surface area contributed by atoms with Gasteiger partial charge in [-0.3, -0.25) is 4.90 Å². The summed E-state index contributed by atoms with van der Waals surface area (Å²) in [6.45, 7) is 0.960. The first kappa shape index (κ1) is 17.1. The molecule has 1 fully saturated rings. The van der Waals surface area contributed by atoms with Gasteiger partial charge in [0.25, 0.3) is 5.92 Å². The Kier molecular flexibility index (Phi) is 5.59. The van der Waals surface area contributed by atoms with Gasteiger partial charge < -0.3 is 15.5 Å². The predicted octanol–water partition coefficient (Wildman–Crippen LogP) is 2.49. The Balaban J connectivity index is 2.44. The van der Waals surface area contributed by atoms with E-state index in [9.17, 15) is 13.9 Å². The standard InChI is InChI=1S/C13H16Br2F2N2O2/c14-9-5-8(6-10(15)11(9)21)12(13(16,17)7-20)19-3-1-18-2-4-19/h5-6,12,18,20-21H,1-4,7H2/t12-/m1/s1. The van der Waals surface area contributed by atoms with Gasteiger partial charge in [0.2, 0.25) is 0 Å². The zero-order valence-corrected chi connectivity index (χ0v) is 14.3. The third-order valence-electron chi connectivity index (χ3n) is 3.48. The number of aliphatic hydroxyl groups excluding tert-OH is 1. The van der Waals surface area contributed by atoms with Crippen molar-refractivity contribution in [3.05, 3.63) is 26.6 Å². The van der Waals surface area contributed by atoms with Gasteiger partial charge in [-0.25, -0.2) is 8.78 Å². The van der Waals surface area contributed by atoms with Gasteiger partial charge in [-0.05, 0) is 49.6 Å². The topological polar surface area (TPSA) is 55.7 Å². The van der Waals surface area contributed by atoms with Gasteiger partial charge >= 0.3 is 0 Å². The second-order valence-corrected chi connectivity index (χ2v) is 6.65. The van der Waals surface area contributed by atoms with E-state index in [1.807, 2.05) is 0 Å². The molecular formula is C13H16Br2F2N2O2. The van der Waals surface area contributed by atoms with Crippen molar-refractivity contribution in [3.8, 4) is 5.75 Å². The number of alkyl halides is 2. The Morgan fingerprint density at radius 3 is 2.24 bits per heavy atom. The number of phenolic OH excluding ortho intramolecular Hbond substituents is 1. The minimum absolute atomic E-state index is 0.0369. The van der Waals surface area contributed by atoms with E-state index >= 15 is 0 Å². The fraction of sp³-hybridized carbons (Fsp3) is 0.538. The summed E-state index contributed by atoms with van der Waals surface area (Å²) in [6.07, 6.45) is 0. The van der Waals surface area contributed by atoms with E-state index in [-0.39, 0.29) is 5.75 Å². The molecule has 1 heterocycles. The highest BCUT2D eigenvalue weighted by Gasteiger charge is 2.44. The summed E-state index contributed by atoms with van der Waals surface area (Å²) in [5, 5.41) is 21.9. The molecular weight excluding hydrogens is 414 g/mol. The van der Waals surface area contributed by atoms with Crippen molar-refractivity contribution in [1.29, 1.82) is 0 Å². The molecule has 2 rings (SSSR count).